The van der Waals surface area contributed by atoms with Crippen LogP contribution in [-0.4, -0.2) is 25.7 Å². The Bertz CT molecular complexity index is 996. The molecule has 3 rings (SSSR count). The zero-order chi connectivity index (χ0) is 21.2. The van der Waals surface area contributed by atoms with Crippen LogP contribution in [0.3, 0.4) is 0 Å². The summed E-state index contributed by atoms with van der Waals surface area (Å²) in [4.78, 5) is 18.6. The van der Waals surface area contributed by atoms with Gasteiger partial charge in [-0.2, -0.15) is 31.3 Å². The molecular formula is C17H11F6N5O. The molecule has 0 saturated carbocycles. The van der Waals surface area contributed by atoms with Gasteiger partial charge in [0.2, 0.25) is 5.82 Å². The van der Waals surface area contributed by atoms with E-state index in [1.165, 1.54) is 36.7 Å². The highest BCUT2D eigenvalue weighted by Crippen LogP contribution is 2.32. The molecule has 0 radical (unpaired) electrons. The molecule has 6 nitrogen and oxygen atoms in total. The van der Waals surface area contributed by atoms with Gasteiger partial charge in [0.05, 0.1) is 18.4 Å². The molecular weight excluding hydrogens is 404 g/mol. The Morgan fingerprint density at radius 1 is 1.00 bits per heavy atom. The number of anilines is 1. The molecule has 0 saturated heterocycles. The van der Waals surface area contributed by atoms with Crippen molar-refractivity contribution in [2.45, 2.75) is 18.9 Å². The van der Waals surface area contributed by atoms with Crippen molar-refractivity contribution in [1.82, 2.24) is 19.7 Å². The van der Waals surface area contributed by atoms with Crippen LogP contribution in [0.1, 0.15) is 27.6 Å². The molecule has 0 atom stereocenters. The highest BCUT2D eigenvalue weighted by molar-refractivity contribution is 6.04. The van der Waals surface area contributed by atoms with E-state index < -0.39 is 36.5 Å². The molecule has 0 spiro atoms. The number of aromatic nitrogens is 4. The predicted octanol–water partition coefficient (Wildman–Crippen LogP) is 4.01. The normalized spacial score (nSPS) is 12.1. The number of alkyl halides is 6. The van der Waals surface area contributed by atoms with Gasteiger partial charge >= 0.3 is 12.4 Å². The van der Waals surface area contributed by atoms with Gasteiger partial charge in [-0.05, 0) is 29.8 Å². The van der Waals surface area contributed by atoms with Crippen LogP contribution < -0.4 is 5.32 Å². The molecule has 0 aliphatic heterocycles. The molecule has 3 aromatic rings. The Kier molecular flexibility index (Phi) is 5.27. The quantitative estimate of drug-likeness (QED) is 0.654. The number of benzene rings is 1. The number of nitrogens with one attached hydrogen (secondary N) is 1. The van der Waals surface area contributed by atoms with E-state index in [9.17, 15) is 31.1 Å². The SMILES string of the molecule is O=C(Nc1cccnc1)c1ccc(Cn2nc(C(F)(F)F)nc2C(F)(F)F)cc1. The summed E-state index contributed by atoms with van der Waals surface area (Å²) in [6.07, 6.45) is -7.28. The molecule has 2 heterocycles. The number of hydrogen-bond acceptors (Lipinski definition) is 4. The lowest BCUT2D eigenvalue weighted by Gasteiger charge is -2.09. The molecule has 1 amide bonds. The molecule has 152 valence electrons. The Morgan fingerprint density at radius 3 is 2.24 bits per heavy atom. The van der Waals surface area contributed by atoms with Crippen molar-refractivity contribution >= 4 is 11.6 Å². The third-order valence-corrected chi connectivity index (χ3v) is 3.65. The van der Waals surface area contributed by atoms with Gasteiger partial charge in [-0.3, -0.25) is 9.78 Å². The van der Waals surface area contributed by atoms with E-state index in [0.29, 0.717) is 5.69 Å². The van der Waals surface area contributed by atoms with Crippen LogP contribution >= 0.6 is 0 Å². The lowest BCUT2D eigenvalue weighted by atomic mass is 10.1. The molecule has 29 heavy (non-hydrogen) atoms. The average molecular weight is 415 g/mol. The number of carbonyl (C=O) groups excluding carboxylic acids is 1. The summed E-state index contributed by atoms with van der Waals surface area (Å²) < 4.78 is 77.1. The van der Waals surface area contributed by atoms with Crippen LogP contribution in [0.5, 0.6) is 0 Å². The third-order valence-electron chi connectivity index (χ3n) is 3.65. The Labute approximate surface area is 159 Å². The first-order valence-electron chi connectivity index (χ1n) is 7.93. The van der Waals surface area contributed by atoms with Gasteiger partial charge in [0.1, 0.15) is 0 Å². The first kappa shape index (κ1) is 20.3. The number of carbonyl (C=O) groups is 1. The van der Waals surface area contributed by atoms with Crippen LogP contribution in [0.2, 0.25) is 0 Å². The van der Waals surface area contributed by atoms with Gasteiger partial charge in [0.15, 0.2) is 0 Å². The number of rotatable bonds is 4. The number of hydrogen-bond donors (Lipinski definition) is 1. The van der Waals surface area contributed by atoms with Crippen molar-refractivity contribution in [3.05, 3.63) is 71.6 Å². The van der Waals surface area contributed by atoms with E-state index in [-0.39, 0.29) is 15.8 Å². The Balaban J connectivity index is 1.79. The summed E-state index contributed by atoms with van der Waals surface area (Å²) in [5.41, 5.74) is 0.842. The van der Waals surface area contributed by atoms with E-state index in [4.69, 9.17) is 0 Å². The monoisotopic (exact) mass is 415 g/mol. The fourth-order valence-corrected chi connectivity index (χ4v) is 2.36. The number of halogens is 6. The first-order chi connectivity index (χ1) is 13.5. The molecule has 0 aliphatic rings. The van der Waals surface area contributed by atoms with Crippen molar-refractivity contribution in [2.24, 2.45) is 0 Å². The minimum atomic E-state index is -5.11. The van der Waals surface area contributed by atoms with Crippen molar-refractivity contribution < 1.29 is 31.1 Å². The van der Waals surface area contributed by atoms with Gasteiger partial charge in [0.25, 0.3) is 11.7 Å². The molecule has 0 unspecified atom stereocenters. The molecule has 12 heteroatoms. The van der Waals surface area contributed by atoms with Gasteiger partial charge in [-0.25, -0.2) is 4.68 Å². The summed E-state index contributed by atoms with van der Waals surface area (Å²) in [6.45, 7) is -0.609. The van der Waals surface area contributed by atoms with E-state index in [1.54, 1.807) is 12.1 Å². The fraction of sp³-hybridized carbons (Fsp3) is 0.176. The average Bonchev–Trinajstić information content (AvgIpc) is 3.08. The highest BCUT2D eigenvalue weighted by atomic mass is 19.4. The van der Waals surface area contributed by atoms with E-state index in [2.05, 4.69) is 20.4 Å². The van der Waals surface area contributed by atoms with E-state index >= 15 is 0 Å². The lowest BCUT2D eigenvalue weighted by Crippen LogP contribution is -2.17. The number of nitrogens with zero attached hydrogens (tertiary/aromatic N) is 4. The van der Waals surface area contributed by atoms with Crippen molar-refractivity contribution in [3.63, 3.8) is 0 Å². The van der Waals surface area contributed by atoms with Crippen LogP contribution in [-0.2, 0) is 18.9 Å². The highest BCUT2D eigenvalue weighted by Gasteiger charge is 2.43. The topological polar surface area (TPSA) is 72.7 Å². The summed E-state index contributed by atoms with van der Waals surface area (Å²) in [5.74, 6) is -4.12. The second-order valence-electron chi connectivity index (χ2n) is 5.80. The first-order valence-corrected chi connectivity index (χ1v) is 7.93. The second kappa shape index (κ2) is 7.53. The van der Waals surface area contributed by atoms with Gasteiger partial charge in [-0.15, -0.1) is 5.10 Å². The summed E-state index contributed by atoms with van der Waals surface area (Å²) >= 11 is 0. The zero-order valence-electron chi connectivity index (χ0n) is 14.3. The summed E-state index contributed by atoms with van der Waals surface area (Å²) in [7, 11) is 0. The van der Waals surface area contributed by atoms with E-state index in [1.807, 2.05) is 0 Å². The Morgan fingerprint density at radius 2 is 1.69 bits per heavy atom. The maximum Gasteiger partial charge on any atom is 0.453 e. The molecule has 1 aromatic carbocycles. The zero-order valence-corrected chi connectivity index (χ0v) is 14.3. The number of amides is 1. The smallest absolute Gasteiger partial charge is 0.321 e. The summed E-state index contributed by atoms with van der Waals surface area (Å²) in [5, 5.41) is 5.50. The fourth-order valence-electron chi connectivity index (χ4n) is 2.36. The third kappa shape index (κ3) is 4.89. The maximum absolute atomic E-state index is 13.0. The van der Waals surface area contributed by atoms with Gasteiger partial charge in [-0.1, -0.05) is 12.1 Å². The minimum absolute atomic E-state index is 0.132. The van der Waals surface area contributed by atoms with Gasteiger partial charge in [0, 0.05) is 11.8 Å². The standard InChI is InChI=1S/C17H11F6N5O/c18-16(19,20)14-26-15(17(21,22)23)28(27-14)9-10-3-5-11(6-4-10)13(29)25-12-2-1-7-24-8-12/h1-8H,9H2,(H,25,29). The van der Waals surface area contributed by atoms with Crippen LogP contribution in [0.4, 0.5) is 32.0 Å². The maximum atomic E-state index is 13.0. The summed E-state index contributed by atoms with van der Waals surface area (Å²) in [6, 6.07) is 8.51. The van der Waals surface area contributed by atoms with Gasteiger partial charge < -0.3 is 5.32 Å². The lowest BCUT2D eigenvalue weighted by molar-refractivity contribution is -0.150. The van der Waals surface area contributed by atoms with Crippen molar-refractivity contribution in [2.75, 3.05) is 5.32 Å². The predicted molar refractivity (Wildman–Crippen MR) is 87.8 cm³/mol. The van der Waals surface area contributed by atoms with Crippen LogP contribution in [0.15, 0.2) is 48.8 Å². The van der Waals surface area contributed by atoms with Crippen LogP contribution in [0, 0.1) is 0 Å². The second-order valence-corrected chi connectivity index (χ2v) is 5.80. The number of pyridine rings is 1. The molecule has 0 aliphatic carbocycles. The molecule has 0 bridgehead atoms. The molecule has 1 N–H and O–H groups in total. The Hall–Kier alpha value is -3.44. The molecule has 0 fully saturated rings. The minimum Gasteiger partial charge on any atom is -0.321 e. The largest absolute Gasteiger partial charge is 0.453 e. The van der Waals surface area contributed by atoms with Crippen molar-refractivity contribution in [3.8, 4) is 0 Å². The van der Waals surface area contributed by atoms with Crippen molar-refractivity contribution in [1.29, 1.82) is 0 Å². The molecule has 2 aromatic heterocycles. The van der Waals surface area contributed by atoms with Crippen LogP contribution in [0.25, 0.3) is 0 Å². The van der Waals surface area contributed by atoms with E-state index in [0.717, 1.165) is 0 Å².